The van der Waals surface area contributed by atoms with Crippen LogP contribution in [0.2, 0.25) is 5.28 Å². The SMILES string of the molecule is C=CCCOCn1cc(-c2cccnc2)c2c(Oc3cccc(N([O-])O)c3)nc(Cl)nc21. The van der Waals surface area contributed by atoms with E-state index in [-0.39, 0.29) is 28.8 Å². The van der Waals surface area contributed by atoms with Crippen molar-refractivity contribution < 1.29 is 14.7 Å². The summed E-state index contributed by atoms with van der Waals surface area (Å²) in [5.74, 6) is 0.483. The lowest BCUT2D eigenvalue weighted by molar-refractivity contribution is 0.0833. The third-order valence-corrected chi connectivity index (χ3v) is 4.75. The van der Waals surface area contributed by atoms with Crippen LogP contribution in [0.3, 0.4) is 0 Å². The summed E-state index contributed by atoms with van der Waals surface area (Å²) in [6.07, 6.45) is 7.77. The number of fused-ring (bicyclic) bond motifs is 1. The second kappa shape index (κ2) is 9.75. The molecule has 4 aromatic rings. The van der Waals surface area contributed by atoms with Gasteiger partial charge in [-0.25, -0.2) is 0 Å². The minimum Gasteiger partial charge on any atom is -0.733 e. The molecule has 1 N–H and O–H groups in total. The van der Waals surface area contributed by atoms with Gasteiger partial charge in [0.15, 0.2) is 5.65 Å². The second-order valence-corrected chi connectivity index (χ2v) is 7.08. The van der Waals surface area contributed by atoms with Gasteiger partial charge in [0.25, 0.3) is 0 Å². The summed E-state index contributed by atoms with van der Waals surface area (Å²) in [4.78, 5) is 12.9. The van der Waals surface area contributed by atoms with E-state index < -0.39 is 0 Å². The lowest BCUT2D eigenvalue weighted by Gasteiger charge is -2.21. The van der Waals surface area contributed by atoms with Crippen LogP contribution < -0.4 is 9.96 Å². The maximum Gasteiger partial charge on any atom is 0.233 e. The van der Waals surface area contributed by atoms with Gasteiger partial charge in [-0.1, -0.05) is 18.2 Å². The molecule has 0 fully saturated rings. The van der Waals surface area contributed by atoms with Gasteiger partial charge in [0.2, 0.25) is 11.2 Å². The molecule has 3 heterocycles. The molecular formula is C22H19ClN5O4-. The molecule has 4 rings (SSSR count). The summed E-state index contributed by atoms with van der Waals surface area (Å²) in [5.41, 5.74) is 2.13. The Kier molecular flexibility index (Phi) is 6.62. The maximum atomic E-state index is 11.2. The lowest BCUT2D eigenvalue weighted by atomic mass is 10.1. The van der Waals surface area contributed by atoms with E-state index in [1.807, 2.05) is 22.9 Å². The average Bonchev–Trinajstić information content (AvgIpc) is 3.16. The minimum atomic E-state index is -0.243. The molecule has 0 amide bonds. The Balaban J connectivity index is 1.82. The smallest absolute Gasteiger partial charge is 0.233 e. The van der Waals surface area contributed by atoms with Crippen LogP contribution in [0.5, 0.6) is 11.6 Å². The number of hydrogen-bond acceptors (Lipinski definition) is 8. The fraction of sp³-hybridized carbons (Fsp3) is 0.136. The summed E-state index contributed by atoms with van der Waals surface area (Å²) in [6.45, 7) is 4.44. The van der Waals surface area contributed by atoms with E-state index in [9.17, 15) is 10.4 Å². The van der Waals surface area contributed by atoms with Gasteiger partial charge < -0.3 is 24.5 Å². The van der Waals surface area contributed by atoms with Gasteiger partial charge in [0, 0.05) is 35.8 Å². The number of hydrogen-bond donors (Lipinski definition) is 1. The molecule has 0 saturated heterocycles. The summed E-state index contributed by atoms with van der Waals surface area (Å²) in [5, 5.41) is 20.8. The van der Waals surface area contributed by atoms with Crippen molar-refractivity contribution in [2.45, 2.75) is 13.2 Å². The highest BCUT2D eigenvalue weighted by molar-refractivity contribution is 6.28. The van der Waals surface area contributed by atoms with Crippen LogP contribution in [0.4, 0.5) is 5.69 Å². The van der Waals surface area contributed by atoms with E-state index in [0.29, 0.717) is 23.4 Å². The zero-order valence-electron chi connectivity index (χ0n) is 16.9. The van der Waals surface area contributed by atoms with Crippen molar-refractivity contribution in [2.75, 3.05) is 11.8 Å². The van der Waals surface area contributed by atoms with E-state index >= 15 is 0 Å². The lowest BCUT2D eigenvalue weighted by Crippen LogP contribution is -2.06. The Morgan fingerprint density at radius 3 is 2.88 bits per heavy atom. The Morgan fingerprint density at radius 1 is 1.25 bits per heavy atom. The molecule has 0 bridgehead atoms. The largest absolute Gasteiger partial charge is 0.733 e. The monoisotopic (exact) mass is 452 g/mol. The van der Waals surface area contributed by atoms with Gasteiger partial charge >= 0.3 is 0 Å². The minimum absolute atomic E-state index is 0.0135. The topological polar surface area (TPSA) is 109 Å². The van der Waals surface area contributed by atoms with Crippen molar-refractivity contribution in [3.63, 3.8) is 0 Å². The van der Waals surface area contributed by atoms with Gasteiger partial charge in [-0.15, -0.1) is 6.58 Å². The van der Waals surface area contributed by atoms with Crippen LogP contribution in [-0.2, 0) is 11.5 Å². The molecule has 32 heavy (non-hydrogen) atoms. The Bertz CT molecular complexity index is 1230. The highest BCUT2D eigenvalue weighted by Gasteiger charge is 2.20. The number of nitrogens with zero attached hydrogens (tertiary/aromatic N) is 5. The summed E-state index contributed by atoms with van der Waals surface area (Å²) in [7, 11) is 0. The zero-order chi connectivity index (χ0) is 22.5. The molecule has 3 aromatic heterocycles. The Labute approximate surface area is 188 Å². The van der Waals surface area contributed by atoms with E-state index in [0.717, 1.165) is 17.5 Å². The molecule has 0 spiro atoms. The van der Waals surface area contributed by atoms with E-state index in [2.05, 4.69) is 21.5 Å². The average molecular weight is 453 g/mol. The number of aromatic nitrogens is 4. The first-order valence-electron chi connectivity index (χ1n) is 9.66. The van der Waals surface area contributed by atoms with Crippen molar-refractivity contribution in [3.8, 4) is 22.8 Å². The van der Waals surface area contributed by atoms with Crippen molar-refractivity contribution >= 4 is 28.3 Å². The number of rotatable bonds is 9. The molecule has 0 atom stereocenters. The first-order chi connectivity index (χ1) is 15.6. The third kappa shape index (κ3) is 4.71. The summed E-state index contributed by atoms with van der Waals surface area (Å²) < 4.78 is 13.5. The predicted molar refractivity (Wildman–Crippen MR) is 121 cm³/mol. The first-order valence-corrected chi connectivity index (χ1v) is 10.0. The van der Waals surface area contributed by atoms with E-state index in [1.165, 1.54) is 12.1 Å². The van der Waals surface area contributed by atoms with Gasteiger partial charge in [-0.05, 0) is 36.2 Å². The molecule has 0 aliphatic heterocycles. The molecule has 0 radical (unpaired) electrons. The number of halogens is 1. The van der Waals surface area contributed by atoms with Gasteiger partial charge in [-0.3, -0.25) is 10.2 Å². The fourth-order valence-electron chi connectivity index (χ4n) is 3.15. The molecule has 10 heteroatoms. The quantitative estimate of drug-likeness (QED) is 0.160. The van der Waals surface area contributed by atoms with Crippen molar-refractivity contribution in [1.82, 2.24) is 19.5 Å². The molecule has 9 nitrogen and oxygen atoms in total. The summed E-state index contributed by atoms with van der Waals surface area (Å²) in [6, 6.07) is 9.77. The fourth-order valence-corrected chi connectivity index (χ4v) is 3.31. The number of benzene rings is 1. The highest BCUT2D eigenvalue weighted by Crippen LogP contribution is 2.38. The third-order valence-electron chi connectivity index (χ3n) is 4.58. The van der Waals surface area contributed by atoms with Crippen LogP contribution in [-0.4, -0.2) is 31.3 Å². The van der Waals surface area contributed by atoms with Crippen LogP contribution in [0.15, 0.2) is 67.6 Å². The highest BCUT2D eigenvalue weighted by atomic mass is 35.5. The van der Waals surface area contributed by atoms with Gasteiger partial charge in [0.05, 0.1) is 17.7 Å². The molecular weight excluding hydrogens is 434 g/mol. The number of anilines is 1. The van der Waals surface area contributed by atoms with Crippen LogP contribution in [0, 0.1) is 5.21 Å². The predicted octanol–water partition coefficient (Wildman–Crippen LogP) is 5.18. The van der Waals surface area contributed by atoms with Crippen molar-refractivity contribution in [1.29, 1.82) is 0 Å². The van der Waals surface area contributed by atoms with E-state index in [4.69, 9.17) is 21.1 Å². The van der Waals surface area contributed by atoms with Gasteiger partial charge in [-0.2, -0.15) is 9.97 Å². The normalized spacial score (nSPS) is 11.0. The Morgan fingerprint density at radius 2 is 2.12 bits per heavy atom. The van der Waals surface area contributed by atoms with Crippen LogP contribution in [0.1, 0.15) is 6.42 Å². The van der Waals surface area contributed by atoms with Crippen LogP contribution in [0.25, 0.3) is 22.2 Å². The standard InChI is InChI=1S/C22H19ClN5O4/c1-2-3-10-31-14-27-13-18(15-6-5-9-24-12-15)19-20(27)25-22(23)26-21(19)32-17-8-4-7-16(11-17)28(29)30/h2,4-9,11-13,29H,1,3,10,14H2/q-1. The van der Waals surface area contributed by atoms with E-state index in [1.54, 1.807) is 30.6 Å². The zero-order valence-corrected chi connectivity index (χ0v) is 17.6. The van der Waals surface area contributed by atoms with Gasteiger partial charge in [0.1, 0.15) is 12.5 Å². The van der Waals surface area contributed by atoms with Crippen molar-refractivity contribution in [2.24, 2.45) is 0 Å². The maximum absolute atomic E-state index is 11.2. The first kappa shape index (κ1) is 21.7. The molecule has 0 aliphatic carbocycles. The number of ether oxygens (including phenoxy) is 2. The molecule has 0 unspecified atom stereocenters. The Hall–Kier alpha value is -3.50. The summed E-state index contributed by atoms with van der Waals surface area (Å²) >= 11 is 6.20. The molecule has 1 aromatic carbocycles. The molecule has 0 aliphatic rings. The van der Waals surface area contributed by atoms with Crippen molar-refractivity contribution in [3.05, 3.63) is 78.1 Å². The molecule has 164 valence electrons. The number of pyridine rings is 1. The van der Waals surface area contributed by atoms with Crippen LogP contribution >= 0.6 is 11.6 Å². The second-order valence-electron chi connectivity index (χ2n) is 6.74. The molecule has 0 saturated carbocycles.